The first kappa shape index (κ1) is 17.2. The summed E-state index contributed by atoms with van der Waals surface area (Å²) in [4.78, 5) is 28.5. The Morgan fingerprint density at radius 2 is 2.20 bits per heavy atom. The van der Waals surface area contributed by atoms with Gasteiger partial charge in [-0.2, -0.15) is 0 Å². The fourth-order valence-corrected chi connectivity index (χ4v) is 2.88. The quantitative estimate of drug-likeness (QED) is 0.757. The Kier molecular flexibility index (Phi) is 5.48. The van der Waals surface area contributed by atoms with E-state index in [0.29, 0.717) is 30.3 Å². The van der Waals surface area contributed by atoms with E-state index in [1.54, 1.807) is 19.3 Å². The summed E-state index contributed by atoms with van der Waals surface area (Å²) in [6.45, 7) is 2.98. The van der Waals surface area contributed by atoms with E-state index in [4.69, 9.17) is 4.42 Å². The predicted molar refractivity (Wildman–Crippen MR) is 96.0 cm³/mol. The molecule has 25 heavy (non-hydrogen) atoms. The SMILES string of the molecule is Cc1cc(C2CCC2)oc(=O)c1C(=O)NCCCNc1cccnc1. The molecule has 1 fully saturated rings. The van der Waals surface area contributed by atoms with Gasteiger partial charge in [-0.25, -0.2) is 4.79 Å². The lowest BCUT2D eigenvalue weighted by Crippen LogP contribution is -2.31. The highest BCUT2D eigenvalue weighted by Crippen LogP contribution is 2.36. The third-order valence-electron chi connectivity index (χ3n) is 4.53. The Bertz CT molecular complexity index is 782. The van der Waals surface area contributed by atoms with Crippen molar-refractivity contribution < 1.29 is 9.21 Å². The van der Waals surface area contributed by atoms with Crippen LogP contribution < -0.4 is 16.3 Å². The zero-order valence-electron chi connectivity index (χ0n) is 14.4. The van der Waals surface area contributed by atoms with Crippen molar-refractivity contribution in [3.8, 4) is 0 Å². The van der Waals surface area contributed by atoms with Crippen molar-refractivity contribution in [1.29, 1.82) is 0 Å². The third-order valence-corrected chi connectivity index (χ3v) is 4.53. The van der Waals surface area contributed by atoms with Gasteiger partial charge in [0.15, 0.2) is 0 Å². The normalized spacial score (nSPS) is 14.0. The number of carbonyl (C=O) groups is 1. The Balaban J connectivity index is 1.50. The van der Waals surface area contributed by atoms with E-state index >= 15 is 0 Å². The highest BCUT2D eigenvalue weighted by atomic mass is 16.4. The monoisotopic (exact) mass is 341 g/mol. The number of aryl methyl sites for hydroxylation is 1. The molecule has 0 bridgehead atoms. The van der Waals surface area contributed by atoms with Crippen LogP contribution in [-0.4, -0.2) is 24.0 Å². The van der Waals surface area contributed by atoms with Crippen molar-refractivity contribution in [2.75, 3.05) is 18.4 Å². The standard InChI is InChI=1S/C19H23N3O3/c1-13-11-16(14-5-2-6-14)25-19(24)17(13)18(23)22-10-4-9-21-15-7-3-8-20-12-15/h3,7-8,11-12,14,21H,2,4-6,9-10H2,1H3,(H,22,23). The molecule has 0 atom stereocenters. The minimum Gasteiger partial charge on any atom is -0.427 e. The summed E-state index contributed by atoms with van der Waals surface area (Å²) in [7, 11) is 0. The second-order valence-corrected chi connectivity index (χ2v) is 6.40. The predicted octanol–water partition coefficient (Wildman–Crippen LogP) is 2.84. The van der Waals surface area contributed by atoms with Crippen LogP contribution >= 0.6 is 0 Å². The molecule has 3 rings (SSSR count). The average molecular weight is 341 g/mol. The number of carbonyl (C=O) groups excluding carboxylic acids is 1. The number of aromatic nitrogens is 1. The van der Waals surface area contributed by atoms with Crippen LogP contribution in [0.5, 0.6) is 0 Å². The van der Waals surface area contributed by atoms with Gasteiger partial charge < -0.3 is 15.1 Å². The van der Waals surface area contributed by atoms with Gasteiger partial charge in [0.2, 0.25) is 0 Å². The second kappa shape index (κ2) is 7.96. The smallest absolute Gasteiger partial charge is 0.349 e. The van der Waals surface area contributed by atoms with Gasteiger partial charge >= 0.3 is 5.63 Å². The molecule has 1 amide bonds. The number of hydrogen-bond donors (Lipinski definition) is 2. The van der Waals surface area contributed by atoms with Crippen molar-refractivity contribution in [3.05, 3.63) is 57.9 Å². The van der Waals surface area contributed by atoms with Gasteiger partial charge in [-0.3, -0.25) is 9.78 Å². The van der Waals surface area contributed by atoms with Gasteiger partial charge in [-0.1, -0.05) is 6.42 Å². The molecular weight excluding hydrogens is 318 g/mol. The maximum Gasteiger partial charge on any atom is 0.349 e. The molecule has 6 nitrogen and oxygen atoms in total. The van der Waals surface area contributed by atoms with Gasteiger partial charge in [-0.05, 0) is 49.9 Å². The summed E-state index contributed by atoms with van der Waals surface area (Å²) < 4.78 is 5.36. The molecule has 132 valence electrons. The number of pyridine rings is 1. The molecule has 0 radical (unpaired) electrons. The largest absolute Gasteiger partial charge is 0.427 e. The first-order valence-electron chi connectivity index (χ1n) is 8.72. The van der Waals surface area contributed by atoms with Crippen molar-refractivity contribution in [2.24, 2.45) is 0 Å². The molecular formula is C19H23N3O3. The molecule has 0 spiro atoms. The van der Waals surface area contributed by atoms with Gasteiger partial charge in [0.25, 0.3) is 5.91 Å². The molecule has 2 aromatic rings. The summed E-state index contributed by atoms with van der Waals surface area (Å²) in [6, 6.07) is 5.63. The van der Waals surface area contributed by atoms with Crippen LogP contribution in [0.2, 0.25) is 0 Å². The van der Waals surface area contributed by atoms with Crippen molar-refractivity contribution >= 4 is 11.6 Å². The zero-order chi connectivity index (χ0) is 17.6. The van der Waals surface area contributed by atoms with Crippen LogP contribution in [0.1, 0.15) is 53.3 Å². The summed E-state index contributed by atoms with van der Waals surface area (Å²) in [6.07, 6.45) is 7.48. The third kappa shape index (κ3) is 4.26. The van der Waals surface area contributed by atoms with Crippen molar-refractivity contribution in [2.45, 2.75) is 38.5 Å². The molecule has 1 aliphatic carbocycles. The van der Waals surface area contributed by atoms with E-state index in [1.807, 2.05) is 18.2 Å². The van der Waals surface area contributed by atoms with E-state index < -0.39 is 5.63 Å². The molecule has 0 aliphatic heterocycles. The topological polar surface area (TPSA) is 84.2 Å². The molecule has 1 saturated carbocycles. The highest BCUT2D eigenvalue weighted by molar-refractivity contribution is 5.95. The maximum atomic E-state index is 12.3. The molecule has 2 aromatic heterocycles. The van der Waals surface area contributed by atoms with Gasteiger partial charge in [0.1, 0.15) is 11.3 Å². The van der Waals surface area contributed by atoms with E-state index in [-0.39, 0.29) is 11.5 Å². The Hall–Kier alpha value is -2.63. The molecule has 0 aromatic carbocycles. The summed E-state index contributed by atoms with van der Waals surface area (Å²) >= 11 is 0. The summed E-state index contributed by atoms with van der Waals surface area (Å²) in [5, 5.41) is 6.01. The second-order valence-electron chi connectivity index (χ2n) is 6.40. The molecule has 0 unspecified atom stereocenters. The number of rotatable bonds is 7. The summed E-state index contributed by atoms with van der Waals surface area (Å²) in [5.74, 6) is 0.681. The van der Waals surface area contributed by atoms with Crippen LogP contribution in [0.15, 0.2) is 39.8 Å². The average Bonchev–Trinajstić information content (AvgIpc) is 2.53. The van der Waals surface area contributed by atoms with Crippen molar-refractivity contribution in [3.63, 3.8) is 0 Å². The van der Waals surface area contributed by atoms with Gasteiger partial charge in [0.05, 0.1) is 5.69 Å². The first-order chi connectivity index (χ1) is 12.1. The minimum absolute atomic E-state index is 0.114. The van der Waals surface area contributed by atoms with Gasteiger partial charge in [0, 0.05) is 31.4 Å². The number of nitrogens with zero attached hydrogens (tertiary/aromatic N) is 1. The summed E-state index contributed by atoms with van der Waals surface area (Å²) in [5.41, 5.74) is 1.21. The fraction of sp³-hybridized carbons (Fsp3) is 0.421. The molecule has 6 heteroatoms. The lowest BCUT2D eigenvalue weighted by atomic mass is 9.83. The Morgan fingerprint density at radius 3 is 2.84 bits per heavy atom. The lowest BCUT2D eigenvalue weighted by Gasteiger charge is -2.24. The number of hydrogen-bond acceptors (Lipinski definition) is 5. The molecule has 2 N–H and O–H groups in total. The Morgan fingerprint density at radius 1 is 1.36 bits per heavy atom. The van der Waals surface area contributed by atoms with E-state index in [1.165, 1.54) is 6.42 Å². The Labute approximate surface area is 146 Å². The van der Waals surface area contributed by atoms with Crippen LogP contribution in [-0.2, 0) is 0 Å². The van der Waals surface area contributed by atoms with Crippen LogP contribution in [0.4, 0.5) is 5.69 Å². The lowest BCUT2D eigenvalue weighted by molar-refractivity contribution is 0.0948. The van der Waals surface area contributed by atoms with Crippen LogP contribution in [0.3, 0.4) is 0 Å². The maximum absolute atomic E-state index is 12.3. The first-order valence-corrected chi connectivity index (χ1v) is 8.72. The van der Waals surface area contributed by atoms with E-state index in [2.05, 4.69) is 15.6 Å². The molecule has 2 heterocycles. The number of nitrogens with one attached hydrogen (secondary N) is 2. The molecule has 1 aliphatic rings. The van der Waals surface area contributed by atoms with Crippen LogP contribution in [0.25, 0.3) is 0 Å². The number of amides is 1. The molecule has 0 saturated heterocycles. The highest BCUT2D eigenvalue weighted by Gasteiger charge is 2.25. The van der Waals surface area contributed by atoms with Gasteiger partial charge in [-0.15, -0.1) is 0 Å². The fourth-order valence-electron chi connectivity index (χ4n) is 2.88. The van der Waals surface area contributed by atoms with E-state index in [0.717, 1.165) is 24.9 Å². The number of anilines is 1. The minimum atomic E-state index is -0.534. The van der Waals surface area contributed by atoms with Crippen LogP contribution in [0, 0.1) is 6.92 Å². The van der Waals surface area contributed by atoms with E-state index in [9.17, 15) is 9.59 Å². The zero-order valence-corrected chi connectivity index (χ0v) is 14.4. The van der Waals surface area contributed by atoms with Crippen molar-refractivity contribution in [1.82, 2.24) is 10.3 Å².